The van der Waals surface area contributed by atoms with Crippen LogP contribution in [0, 0.1) is 0 Å². The summed E-state index contributed by atoms with van der Waals surface area (Å²) in [5, 5.41) is 0.864. The number of thiazole rings is 1. The summed E-state index contributed by atoms with van der Waals surface area (Å²) in [6, 6.07) is 9.50. The number of benzene rings is 2. The standard InChI is InChI=1S/C22H25Cl2N3O3S2/c1-4-13-26(14-5-2)32(29,30)16-9-7-15(8-10-16)21(28)25-22-27(6-3)20-18(31-22)12-11-17(23)19(20)24/h7-12H,4-6,13-14H2,1-3H3. The third kappa shape index (κ3) is 4.94. The summed E-state index contributed by atoms with van der Waals surface area (Å²) < 4.78 is 30.0. The quantitative estimate of drug-likeness (QED) is 0.394. The van der Waals surface area contributed by atoms with E-state index in [1.54, 1.807) is 6.07 Å². The highest BCUT2D eigenvalue weighted by molar-refractivity contribution is 7.89. The van der Waals surface area contributed by atoms with Crippen LogP contribution in [0.25, 0.3) is 10.2 Å². The van der Waals surface area contributed by atoms with Gasteiger partial charge in [0.2, 0.25) is 10.0 Å². The Labute approximate surface area is 202 Å². The van der Waals surface area contributed by atoms with Crippen LogP contribution >= 0.6 is 34.5 Å². The van der Waals surface area contributed by atoms with Crippen molar-refractivity contribution in [3.8, 4) is 0 Å². The lowest BCUT2D eigenvalue weighted by Gasteiger charge is -2.21. The summed E-state index contributed by atoms with van der Waals surface area (Å²) in [6.45, 7) is 7.31. The maximum Gasteiger partial charge on any atom is 0.279 e. The van der Waals surface area contributed by atoms with E-state index in [0.717, 1.165) is 23.1 Å². The third-order valence-electron chi connectivity index (χ3n) is 4.93. The number of nitrogens with zero attached hydrogens (tertiary/aromatic N) is 3. The lowest BCUT2D eigenvalue weighted by atomic mass is 10.2. The molecular weight excluding hydrogens is 489 g/mol. The number of sulfonamides is 1. The van der Waals surface area contributed by atoms with Crippen LogP contribution in [0.2, 0.25) is 10.0 Å². The molecular formula is C22H25Cl2N3O3S2. The normalized spacial score (nSPS) is 12.8. The topological polar surface area (TPSA) is 71.7 Å². The molecule has 0 unspecified atom stereocenters. The second-order valence-corrected chi connectivity index (χ2v) is 10.9. The Hall–Kier alpha value is -1.71. The Morgan fingerprint density at radius 2 is 1.66 bits per heavy atom. The van der Waals surface area contributed by atoms with Crippen LogP contribution in [0.3, 0.4) is 0 Å². The molecule has 0 aliphatic heterocycles. The van der Waals surface area contributed by atoms with Gasteiger partial charge in [-0.2, -0.15) is 9.30 Å². The number of fused-ring (bicyclic) bond motifs is 1. The molecule has 3 rings (SSSR count). The molecule has 0 radical (unpaired) electrons. The van der Waals surface area contributed by atoms with Crippen molar-refractivity contribution in [2.24, 2.45) is 4.99 Å². The first-order valence-electron chi connectivity index (χ1n) is 10.4. The zero-order valence-electron chi connectivity index (χ0n) is 18.1. The largest absolute Gasteiger partial charge is 0.315 e. The number of aromatic nitrogens is 1. The minimum atomic E-state index is -3.60. The average Bonchev–Trinajstić information content (AvgIpc) is 3.13. The number of halogens is 2. The number of hydrogen-bond acceptors (Lipinski definition) is 4. The van der Waals surface area contributed by atoms with Crippen molar-refractivity contribution in [2.45, 2.75) is 45.1 Å². The van der Waals surface area contributed by atoms with Crippen LogP contribution in [-0.4, -0.2) is 36.3 Å². The van der Waals surface area contributed by atoms with E-state index in [-0.39, 0.29) is 4.90 Å². The van der Waals surface area contributed by atoms with Crippen molar-refractivity contribution in [3.05, 3.63) is 56.8 Å². The highest BCUT2D eigenvalue weighted by atomic mass is 35.5. The van der Waals surface area contributed by atoms with Crippen molar-refractivity contribution in [1.29, 1.82) is 0 Å². The molecule has 0 saturated carbocycles. The van der Waals surface area contributed by atoms with E-state index in [2.05, 4.69) is 4.99 Å². The highest BCUT2D eigenvalue weighted by Gasteiger charge is 2.23. The maximum atomic E-state index is 12.9. The van der Waals surface area contributed by atoms with Crippen molar-refractivity contribution >= 4 is 60.7 Å². The zero-order valence-corrected chi connectivity index (χ0v) is 21.3. The molecule has 32 heavy (non-hydrogen) atoms. The predicted molar refractivity (Wildman–Crippen MR) is 131 cm³/mol. The van der Waals surface area contributed by atoms with E-state index in [9.17, 15) is 13.2 Å². The Morgan fingerprint density at radius 3 is 2.22 bits per heavy atom. The Balaban J connectivity index is 1.96. The van der Waals surface area contributed by atoms with Gasteiger partial charge in [0.1, 0.15) is 0 Å². The molecule has 0 aliphatic carbocycles. The van der Waals surface area contributed by atoms with E-state index < -0.39 is 15.9 Å². The summed E-state index contributed by atoms with van der Waals surface area (Å²) in [7, 11) is -3.60. The summed E-state index contributed by atoms with van der Waals surface area (Å²) in [4.78, 5) is 17.8. The fourth-order valence-corrected chi connectivity index (χ4v) is 6.60. The van der Waals surface area contributed by atoms with Gasteiger partial charge in [0, 0.05) is 25.2 Å². The van der Waals surface area contributed by atoms with Gasteiger partial charge >= 0.3 is 0 Å². The monoisotopic (exact) mass is 513 g/mol. The molecule has 6 nitrogen and oxygen atoms in total. The molecule has 0 saturated heterocycles. The number of hydrogen-bond donors (Lipinski definition) is 0. The van der Waals surface area contributed by atoms with Crippen molar-refractivity contribution in [2.75, 3.05) is 13.1 Å². The van der Waals surface area contributed by atoms with E-state index in [4.69, 9.17) is 23.2 Å². The molecule has 0 atom stereocenters. The molecule has 1 heterocycles. The van der Waals surface area contributed by atoms with E-state index in [1.165, 1.54) is 39.9 Å². The first kappa shape index (κ1) is 24.9. The summed E-state index contributed by atoms with van der Waals surface area (Å²) in [5.41, 5.74) is 1.05. The van der Waals surface area contributed by atoms with Gasteiger partial charge in [-0.15, -0.1) is 0 Å². The smallest absolute Gasteiger partial charge is 0.279 e. The second-order valence-electron chi connectivity index (χ2n) is 7.18. The number of carbonyl (C=O) groups excluding carboxylic acids is 1. The van der Waals surface area contributed by atoms with Crippen LogP contribution in [0.15, 0.2) is 46.3 Å². The second kappa shape index (κ2) is 10.5. The van der Waals surface area contributed by atoms with E-state index in [1.807, 2.05) is 31.4 Å². The zero-order chi connectivity index (χ0) is 23.5. The van der Waals surface area contributed by atoms with Crippen molar-refractivity contribution < 1.29 is 13.2 Å². The van der Waals surface area contributed by atoms with Gasteiger partial charge in [-0.3, -0.25) is 4.79 Å². The Morgan fingerprint density at radius 1 is 1.03 bits per heavy atom. The molecule has 0 N–H and O–H groups in total. The third-order valence-corrected chi connectivity index (χ3v) is 8.68. The van der Waals surface area contributed by atoms with E-state index in [0.29, 0.717) is 40.0 Å². The highest BCUT2D eigenvalue weighted by Crippen LogP contribution is 2.32. The molecule has 0 spiro atoms. The SMILES string of the molecule is CCCN(CCC)S(=O)(=O)c1ccc(C(=O)N=c2sc3ccc(Cl)c(Cl)c3n2CC)cc1. The van der Waals surface area contributed by atoms with Crippen LogP contribution < -0.4 is 4.80 Å². The molecule has 0 fully saturated rings. The Kier molecular flexibility index (Phi) is 8.16. The van der Waals surface area contributed by atoms with Gasteiger partial charge in [-0.05, 0) is 56.2 Å². The van der Waals surface area contributed by atoms with Crippen molar-refractivity contribution in [1.82, 2.24) is 8.87 Å². The molecule has 3 aromatic rings. The lowest BCUT2D eigenvalue weighted by molar-refractivity contribution is 0.0997. The molecule has 2 aromatic carbocycles. The average molecular weight is 515 g/mol. The number of rotatable bonds is 8. The molecule has 0 aliphatic rings. The summed E-state index contributed by atoms with van der Waals surface area (Å²) in [6.07, 6.45) is 1.47. The molecule has 1 amide bonds. The van der Waals surface area contributed by atoms with Gasteiger partial charge in [0.25, 0.3) is 5.91 Å². The van der Waals surface area contributed by atoms with Gasteiger partial charge in [0.15, 0.2) is 4.80 Å². The predicted octanol–water partition coefficient (Wildman–Crippen LogP) is 5.58. The van der Waals surface area contributed by atoms with Gasteiger partial charge in [-0.25, -0.2) is 8.42 Å². The molecule has 172 valence electrons. The molecule has 10 heteroatoms. The number of amides is 1. The first-order chi connectivity index (χ1) is 15.2. The van der Waals surface area contributed by atoms with Gasteiger partial charge in [0.05, 0.1) is 25.2 Å². The van der Waals surface area contributed by atoms with Crippen LogP contribution in [-0.2, 0) is 16.6 Å². The lowest BCUT2D eigenvalue weighted by Crippen LogP contribution is -2.32. The molecule has 1 aromatic heterocycles. The summed E-state index contributed by atoms with van der Waals surface area (Å²) in [5.74, 6) is -0.455. The van der Waals surface area contributed by atoms with E-state index >= 15 is 0 Å². The minimum Gasteiger partial charge on any atom is -0.315 e. The van der Waals surface area contributed by atoms with Crippen LogP contribution in [0.4, 0.5) is 0 Å². The van der Waals surface area contributed by atoms with Gasteiger partial charge < -0.3 is 4.57 Å². The fraction of sp³-hybridized carbons (Fsp3) is 0.364. The van der Waals surface area contributed by atoms with Crippen LogP contribution in [0.1, 0.15) is 44.0 Å². The van der Waals surface area contributed by atoms with Crippen molar-refractivity contribution in [3.63, 3.8) is 0 Å². The fourth-order valence-electron chi connectivity index (χ4n) is 3.40. The summed E-state index contributed by atoms with van der Waals surface area (Å²) >= 11 is 13.9. The van der Waals surface area contributed by atoms with Gasteiger partial charge in [-0.1, -0.05) is 48.4 Å². The maximum absolute atomic E-state index is 12.9. The minimum absolute atomic E-state index is 0.169. The van der Waals surface area contributed by atoms with Crippen LogP contribution in [0.5, 0.6) is 0 Å². The Bertz CT molecular complexity index is 1290. The number of aryl methyl sites for hydroxylation is 1. The molecule has 0 bridgehead atoms. The first-order valence-corrected chi connectivity index (χ1v) is 13.4. The number of carbonyl (C=O) groups is 1.